The molecule has 0 atom stereocenters. The molecule has 208 valence electrons. The lowest BCUT2D eigenvalue weighted by Gasteiger charge is -2.35. The summed E-state index contributed by atoms with van der Waals surface area (Å²) in [7, 11) is 1.38. The summed E-state index contributed by atoms with van der Waals surface area (Å²) in [6, 6.07) is 10.1. The van der Waals surface area contributed by atoms with Gasteiger partial charge in [-0.25, -0.2) is 4.39 Å². The van der Waals surface area contributed by atoms with Gasteiger partial charge >= 0.3 is 6.18 Å². The Labute approximate surface area is 225 Å². The highest BCUT2D eigenvalue weighted by Crippen LogP contribution is 2.32. The molecule has 0 amide bonds. The second-order valence-electron chi connectivity index (χ2n) is 9.86. The number of anilines is 2. The number of aldehydes is 1. The molecule has 1 saturated heterocycles. The van der Waals surface area contributed by atoms with Gasteiger partial charge in [0.15, 0.2) is 6.29 Å². The highest BCUT2D eigenvalue weighted by molar-refractivity contribution is 5.94. The first kappa shape index (κ1) is 28.3. The third-order valence-electron chi connectivity index (χ3n) is 6.93. The topological polar surface area (TPSA) is 58.5 Å². The minimum absolute atomic E-state index is 0.0172. The predicted molar refractivity (Wildman–Crippen MR) is 145 cm³/mol. The number of halogens is 4. The normalized spacial score (nSPS) is 14.8. The molecule has 4 rings (SSSR count). The Bertz CT molecular complexity index is 1380. The van der Waals surface area contributed by atoms with Gasteiger partial charge in [0.05, 0.1) is 36.1 Å². The zero-order chi connectivity index (χ0) is 28.2. The molecule has 3 aromatic rings. The van der Waals surface area contributed by atoms with Gasteiger partial charge in [-0.1, -0.05) is 12.0 Å². The fourth-order valence-corrected chi connectivity index (χ4v) is 4.88. The van der Waals surface area contributed by atoms with Crippen LogP contribution in [0.15, 0.2) is 36.4 Å². The van der Waals surface area contributed by atoms with E-state index in [1.54, 1.807) is 18.2 Å². The molecule has 39 heavy (non-hydrogen) atoms. The van der Waals surface area contributed by atoms with Gasteiger partial charge in [-0.05, 0) is 56.9 Å². The van der Waals surface area contributed by atoms with Gasteiger partial charge in [0.2, 0.25) is 0 Å². The molecule has 6 nitrogen and oxygen atoms in total. The van der Waals surface area contributed by atoms with Crippen molar-refractivity contribution in [2.75, 3.05) is 37.4 Å². The number of ether oxygens (including phenoxy) is 1. The van der Waals surface area contributed by atoms with E-state index in [1.165, 1.54) is 17.7 Å². The number of benzene rings is 2. The highest BCUT2D eigenvalue weighted by atomic mass is 19.4. The molecule has 1 aliphatic rings. The summed E-state index contributed by atoms with van der Waals surface area (Å²) < 4.78 is 61.0. The first-order valence-corrected chi connectivity index (χ1v) is 12.8. The van der Waals surface area contributed by atoms with Crippen molar-refractivity contribution in [1.82, 2.24) is 9.47 Å². The summed E-state index contributed by atoms with van der Waals surface area (Å²) in [6.07, 6.45) is -2.14. The smallest absolute Gasteiger partial charge is 0.406 e. The van der Waals surface area contributed by atoms with Crippen LogP contribution in [0.25, 0.3) is 10.9 Å². The van der Waals surface area contributed by atoms with Crippen molar-refractivity contribution in [1.29, 1.82) is 0 Å². The number of aromatic nitrogens is 1. The van der Waals surface area contributed by atoms with Crippen molar-refractivity contribution < 1.29 is 27.1 Å². The Balaban J connectivity index is 1.58. The third-order valence-corrected chi connectivity index (χ3v) is 6.93. The van der Waals surface area contributed by atoms with E-state index in [9.17, 15) is 22.4 Å². The molecule has 0 saturated carbocycles. The van der Waals surface area contributed by atoms with E-state index in [1.807, 2.05) is 6.07 Å². The van der Waals surface area contributed by atoms with Crippen molar-refractivity contribution in [3.05, 3.63) is 53.5 Å². The number of carbonyl (C=O) groups is 1. The molecule has 0 unspecified atom stereocenters. The molecule has 0 aliphatic carbocycles. The minimum Gasteiger partial charge on any atom is -0.495 e. The SMILES string of the molecule is COc1cc(C=O)c(F)cc1NCC#Cc1cc2c(NC3CCN(C(C)C)CC3)cccc2n1CC(F)(F)F. The molecule has 0 bridgehead atoms. The van der Waals surface area contributed by atoms with E-state index >= 15 is 0 Å². The Kier molecular flexibility index (Phi) is 8.70. The number of carbonyl (C=O) groups excluding carboxylic acids is 1. The van der Waals surface area contributed by atoms with E-state index in [2.05, 4.69) is 41.2 Å². The average molecular weight is 545 g/mol. The van der Waals surface area contributed by atoms with Gasteiger partial charge in [0, 0.05) is 42.3 Å². The Morgan fingerprint density at radius 3 is 2.54 bits per heavy atom. The number of rotatable bonds is 8. The summed E-state index contributed by atoms with van der Waals surface area (Å²) in [5.41, 5.74) is 1.59. The number of fused-ring (bicyclic) bond motifs is 1. The van der Waals surface area contributed by atoms with Gasteiger partial charge < -0.3 is 24.8 Å². The van der Waals surface area contributed by atoms with E-state index in [0.29, 0.717) is 23.2 Å². The van der Waals surface area contributed by atoms with Crippen LogP contribution >= 0.6 is 0 Å². The molecule has 10 heteroatoms. The Morgan fingerprint density at radius 2 is 1.90 bits per heavy atom. The van der Waals surface area contributed by atoms with Crippen LogP contribution in [-0.2, 0) is 6.54 Å². The molecule has 2 N–H and O–H groups in total. The molecule has 1 aliphatic heterocycles. The quantitative estimate of drug-likeness (QED) is 0.210. The van der Waals surface area contributed by atoms with Crippen LogP contribution < -0.4 is 15.4 Å². The zero-order valence-electron chi connectivity index (χ0n) is 22.2. The molecular weight excluding hydrogens is 512 g/mol. The monoisotopic (exact) mass is 544 g/mol. The van der Waals surface area contributed by atoms with E-state index in [0.717, 1.165) is 37.7 Å². The maximum absolute atomic E-state index is 14.0. The van der Waals surface area contributed by atoms with Gasteiger partial charge in [0.25, 0.3) is 0 Å². The molecule has 2 aromatic carbocycles. The number of likely N-dealkylation sites (tertiary alicyclic amines) is 1. The average Bonchev–Trinajstić information content (AvgIpc) is 3.23. The van der Waals surface area contributed by atoms with E-state index < -0.39 is 18.5 Å². The molecular formula is C29H32F4N4O2. The fourth-order valence-electron chi connectivity index (χ4n) is 4.88. The fraction of sp³-hybridized carbons (Fsp3) is 0.414. The maximum Gasteiger partial charge on any atom is 0.406 e. The van der Waals surface area contributed by atoms with Crippen LogP contribution in [0.3, 0.4) is 0 Å². The number of alkyl halides is 3. The van der Waals surface area contributed by atoms with Crippen LogP contribution in [0.1, 0.15) is 42.7 Å². The second kappa shape index (κ2) is 12.0. The lowest BCUT2D eigenvalue weighted by atomic mass is 10.0. The summed E-state index contributed by atoms with van der Waals surface area (Å²) in [5, 5.41) is 7.13. The molecule has 1 fully saturated rings. The van der Waals surface area contributed by atoms with Gasteiger partial charge in [0.1, 0.15) is 18.1 Å². The van der Waals surface area contributed by atoms with Crippen LogP contribution in [0.2, 0.25) is 0 Å². The van der Waals surface area contributed by atoms with Crippen molar-refractivity contribution in [3.8, 4) is 17.6 Å². The van der Waals surface area contributed by atoms with E-state index in [4.69, 9.17) is 4.74 Å². The molecule has 1 aromatic heterocycles. The lowest BCUT2D eigenvalue weighted by molar-refractivity contribution is -0.140. The number of methoxy groups -OCH3 is 1. The highest BCUT2D eigenvalue weighted by Gasteiger charge is 2.30. The lowest BCUT2D eigenvalue weighted by Crippen LogP contribution is -2.42. The summed E-state index contributed by atoms with van der Waals surface area (Å²) >= 11 is 0. The van der Waals surface area contributed by atoms with Crippen LogP contribution in [0.4, 0.5) is 28.9 Å². The number of piperidine rings is 1. The van der Waals surface area contributed by atoms with Gasteiger partial charge in [-0.3, -0.25) is 4.79 Å². The first-order chi connectivity index (χ1) is 18.6. The summed E-state index contributed by atoms with van der Waals surface area (Å²) in [6.45, 7) is 5.13. The maximum atomic E-state index is 14.0. The number of nitrogens with one attached hydrogen (secondary N) is 2. The summed E-state index contributed by atoms with van der Waals surface area (Å²) in [5.74, 6) is 5.21. The van der Waals surface area contributed by atoms with Crippen molar-refractivity contribution in [3.63, 3.8) is 0 Å². The molecule has 0 radical (unpaired) electrons. The zero-order valence-corrected chi connectivity index (χ0v) is 22.2. The minimum atomic E-state index is -4.43. The van der Waals surface area contributed by atoms with Crippen LogP contribution in [0, 0.1) is 17.7 Å². The standard InChI is InChI=1S/C29H32F4N4O2/c1-19(2)36-12-9-21(10-13-36)35-25-7-4-8-27-23(25)15-22(37(27)18-29(31,32)33)6-5-11-34-26-16-24(30)20(17-38)14-28(26)39-3/h4,7-8,14-17,19,21,34-35H,9-13,18H2,1-3H3. The molecule has 0 spiro atoms. The predicted octanol–water partition coefficient (Wildman–Crippen LogP) is 5.91. The van der Waals surface area contributed by atoms with Gasteiger partial charge in [-0.2, -0.15) is 13.2 Å². The summed E-state index contributed by atoms with van der Waals surface area (Å²) in [4.78, 5) is 13.4. The number of nitrogens with zero attached hydrogens (tertiary/aromatic N) is 2. The third kappa shape index (κ3) is 6.84. The van der Waals surface area contributed by atoms with Crippen LogP contribution in [0.5, 0.6) is 5.75 Å². The van der Waals surface area contributed by atoms with Crippen molar-refractivity contribution in [2.24, 2.45) is 0 Å². The molecule has 2 heterocycles. The first-order valence-electron chi connectivity index (χ1n) is 12.8. The Hall–Kier alpha value is -3.71. The second-order valence-corrected chi connectivity index (χ2v) is 9.86. The van der Waals surface area contributed by atoms with Crippen molar-refractivity contribution >= 4 is 28.6 Å². The number of hydrogen-bond acceptors (Lipinski definition) is 5. The van der Waals surface area contributed by atoms with E-state index in [-0.39, 0.29) is 35.3 Å². The van der Waals surface area contributed by atoms with Crippen LogP contribution in [-0.4, -0.2) is 60.8 Å². The van der Waals surface area contributed by atoms with Gasteiger partial charge in [-0.15, -0.1) is 0 Å². The largest absolute Gasteiger partial charge is 0.495 e. The number of hydrogen-bond donors (Lipinski definition) is 2. The van der Waals surface area contributed by atoms with Crippen molar-refractivity contribution in [2.45, 2.75) is 51.5 Å². The Morgan fingerprint density at radius 1 is 1.15 bits per heavy atom.